The first-order chi connectivity index (χ1) is 11.3. The van der Waals surface area contributed by atoms with Crippen molar-refractivity contribution in [2.24, 2.45) is 0 Å². The third-order valence-electron chi connectivity index (χ3n) is 3.81. The number of aromatic nitrogens is 2. The Morgan fingerprint density at radius 1 is 1.17 bits per heavy atom. The van der Waals surface area contributed by atoms with Crippen LogP contribution >= 0.6 is 0 Å². The van der Waals surface area contributed by atoms with Crippen LogP contribution in [0.15, 0.2) is 41.2 Å². The van der Waals surface area contributed by atoms with E-state index in [9.17, 15) is 9.59 Å². The molecular weight excluding hydrogens is 302 g/mol. The van der Waals surface area contributed by atoms with Crippen LogP contribution in [0.1, 0.15) is 56.6 Å². The third-order valence-corrected chi connectivity index (χ3v) is 3.81. The first-order valence-corrected chi connectivity index (χ1v) is 8.32. The SMILES string of the molecule is CCCCn1nc(C(=O)Nc2ccccc2C(C)(C)C)ccc1=O. The van der Waals surface area contributed by atoms with Crippen molar-refractivity contribution >= 4 is 11.6 Å². The summed E-state index contributed by atoms with van der Waals surface area (Å²) in [5.41, 5.74) is 1.79. The molecule has 128 valence electrons. The second-order valence-electron chi connectivity index (χ2n) is 6.88. The molecule has 2 aromatic rings. The van der Waals surface area contributed by atoms with Crippen LogP contribution in [0.4, 0.5) is 5.69 Å². The van der Waals surface area contributed by atoms with Crippen LogP contribution in [0.2, 0.25) is 0 Å². The van der Waals surface area contributed by atoms with Gasteiger partial charge in [-0.15, -0.1) is 0 Å². The van der Waals surface area contributed by atoms with Crippen molar-refractivity contribution in [1.82, 2.24) is 9.78 Å². The van der Waals surface area contributed by atoms with Crippen LogP contribution < -0.4 is 10.9 Å². The Balaban J connectivity index is 2.27. The minimum Gasteiger partial charge on any atom is -0.320 e. The number of hydrogen-bond donors (Lipinski definition) is 1. The summed E-state index contributed by atoms with van der Waals surface area (Å²) in [5, 5.41) is 7.11. The minimum absolute atomic E-state index is 0.0861. The smallest absolute Gasteiger partial charge is 0.276 e. The number of nitrogens with zero attached hydrogens (tertiary/aromatic N) is 2. The minimum atomic E-state index is -0.308. The van der Waals surface area contributed by atoms with Gasteiger partial charge in [0, 0.05) is 18.3 Å². The van der Waals surface area contributed by atoms with Gasteiger partial charge in [-0.3, -0.25) is 9.59 Å². The van der Waals surface area contributed by atoms with Crippen LogP contribution in [-0.2, 0) is 12.0 Å². The molecule has 0 spiro atoms. The van der Waals surface area contributed by atoms with E-state index in [4.69, 9.17) is 0 Å². The molecule has 0 radical (unpaired) electrons. The Kier molecular flexibility index (Phi) is 5.54. The molecule has 0 aliphatic heterocycles. The molecular formula is C19H25N3O2. The predicted octanol–water partition coefficient (Wildman–Crippen LogP) is 3.59. The van der Waals surface area contributed by atoms with Gasteiger partial charge in [0.25, 0.3) is 11.5 Å². The maximum atomic E-state index is 12.5. The number of rotatable bonds is 5. The van der Waals surface area contributed by atoms with Gasteiger partial charge >= 0.3 is 0 Å². The van der Waals surface area contributed by atoms with Gasteiger partial charge in [0.05, 0.1) is 0 Å². The molecule has 5 heteroatoms. The Morgan fingerprint density at radius 3 is 2.54 bits per heavy atom. The van der Waals surface area contributed by atoms with E-state index < -0.39 is 0 Å². The summed E-state index contributed by atoms with van der Waals surface area (Å²) in [6, 6.07) is 10.6. The average molecular weight is 327 g/mol. The molecule has 0 atom stereocenters. The lowest BCUT2D eigenvalue weighted by molar-refractivity contribution is 0.101. The summed E-state index contributed by atoms with van der Waals surface area (Å²) in [4.78, 5) is 24.4. The molecule has 0 unspecified atom stereocenters. The van der Waals surface area contributed by atoms with Crippen LogP contribution in [0.25, 0.3) is 0 Å². The highest BCUT2D eigenvalue weighted by molar-refractivity contribution is 6.03. The second-order valence-corrected chi connectivity index (χ2v) is 6.88. The molecule has 0 bridgehead atoms. The van der Waals surface area contributed by atoms with Crippen molar-refractivity contribution in [3.05, 3.63) is 58.0 Å². The van der Waals surface area contributed by atoms with Crippen molar-refractivity contribution < 1.29 is 4.79 Å². The van der Waals surface area contributed by atoms with Crippen LogP contribution in [0.3, 0.4) is 0 Å². The van der Waals surface area contributed by atoms with E-state index in [1.165, 1.54) is 16.8 Å². The number of para-hydroxylation sites is 1. The fourth-order valence-electron chi connectivity index (χ4n) is 2.47. The number of anilines is 1. The Labute approximate surface area is 142 Å². The van der Waals surface area contributed by atoms with E-state index in [0.717, 1.165) is 24.1 Å². The molecule has 1 heterocycles. The molecule has 0 aliphatic carbocycles. The van der Waals surface area contributed by atoms with Gasteiger partial charge in [-0.05, 0) is 29.5 Å². The van der Waals surface area contributed by atoms with Gasteiger partial charge < -0.3 is 5.32 Å². The molecule has 0 saturated carbocycles. The lowest BCUT2D eigenvalue weighted by atomic mass is 9.86. The lowest BCUT2D eigenvalue weighted by Crippen LogP contribution is -2.26. The fourth-order valence-corrected chi connectivity index (χ4v) is 2.47. The van der Waals surface area contributed by atoms with Crippen molar-refractivity contribution in [3.63, 3.8) is 0 Å². The summed E-state index contributed by atoms with van der Waals surface area (Å²) in [6.07, 6.45) is 1.81. The van der Waals surface area contributed by atoms with E-state index in [1.54, 1.807) is 0 Å². The van der Waals surface area contributed by atoms with E-state index >= 15 is 0 Å². The molecule has 24 heavy (non-hydrogen) atoms. The molecule has 1 aromatic carbocycles. The largest absolute Gasteiger partial charge is 0.320 e. The van der Waals surface area contributed by atoms with Crippen molar-refractivity contribution in [3.8, 4) is 0 Å². The predicted molar refractivity (Wildman–Crippen MR) is 96.5 cm³/mol. The number of benzene rings is 1. The zero-order valence-electron chi connectivity index (χ0n) is 14.8. The highest BCUT2D eigenvalue weighted by Gasteiger charge is 2.19. The summed E-state index contributed by atoms with van der Waals surface area (Å²) in [6.45, 7) is 8.86. The van der Waals surface area contributed by atoms with Crippen LogP contribution in [0.5, 0.6) is 0 Å². The van der Waals surface area contributed by atoms with Crippen molar-refractivity contribution in [2.75, 3.05) is 5.32 Å². The average Bonchev–Trinajstić information content (AvgIpc) is 2.53. The van der Waals surface area contributed by atoms with E-state index in [-0.39, 0.29) is 22.6 Å². The van der Waals surface area contributed by atoms with Gasteiger partial charge in [0.2, 0.25) is 0 Å². The monoisotopic (exact) mass is 327 g/mol. The molecule has 0 saturated heterocycles. The number of unbranched alkanes of at least 4 members (excludes halogenated alkanes) is 1. The second kappa shape index (κ2) is 7.43. The van der Waals surface area contributed by atoms with Gasteiger partial charge in [0.15, 0.2) is 0 Å². The molecule has 0 fully saturated rings. The van der Waals surface area contributed by atoms with E-state index in [2.05, 4.69) is 31.2 Å². The van der Waals surface area contributed by atoms with Crippen molar-refractivity contribution in [1.29, 1.82) is 0 Å². The van der Waals surface area contributed by atoms with Gasteiger partial charge in [-0.1, -0.05) is 52.3 Å². The Bertz CT molecular complexity index is 773. The quantitative estimate of drug-likeness (QED) is 0.912. The third kappa shape index (κ3) is 4.31. The highest BCUT2D eigenvalue weighted by atomic mass is 16.2. The van der Waals surface area contributed by atoms with Gasteiger partial charge in [-0.25, -0.2) is 4.68 Å². The number of hydrogen-bond acceptors (Lipinski definition) is 3. The molecule has 1 aromatic heterocycles. The zero-order chi connectivity index (χ0) is 17.7. The van der Waals surface area contributed by atoms with Gasteiger partial charge in [-0.2, -0.15) is 5.10 Å². The maximum absolute atomic E-state index is 12.5. The van der Waals surface area contributed by atoms with Crippen LogP contribution in [0, 0.1) is 0 Å². The lowest BCUT2D eigenvalue weighted by Gasteiger charge is -2.22. The Hall–Kier alpha value is -2.43. The van der Waals surface area contributed by atoms with E-state index in [1.807, 2.05) is 31.2 Å². The van der Waals surface area contributed by atoms with Crippen LogP contribution in [-0.4, -0.2) is 15.7 Å². The van der Waals surface area contributed by atoms with Crippen molar-refractivity contribution in [2.45, 2.75) is 52.5 Å². The Morgan fingerprint density at radius 2 is 1.88 bits per heavy atom. The highest BCUT2D eigenvalue weighted by Crippen LogP contribution is 2.29. The van der Waals surface area contributed by atoms with E-state index in [0.29, 0.717) is 6.54 Å². The standard InChI is InChI=1S/C19H25N3O2/c1-5-6-13-22-17(23)12-11-16(21-22)18(24)20-15-10-8-7-9-14(15)19(2,3)4/h7-12H,5-6,13H2,1-4H3,(H,20,24). The number of carbonyl (C=O) groups is 1. The topological polar surface area (TPSA) is 64.0 Å². The number of amides is 1. The summed E-state index contributed by atoms with van der Waals surface area (Å²) < 4.78 is 1.36. The number of aryl methyl sites for hydroxylation is 1. The summed E-state index contributed by atoms with van der Waals surface area (Å²) >= 11 is 0. The first kappa shape index (κ1) is 17.9. The molecule has 5 nitrogen and oxygen atoms in total. The maximum Gasteiger partial charge on any atom is 0.276 e. The fraction of sp³-hybridized carbons (Fsp3) is 0.421. The molecule has 2 rings (SSSR count). The zero-order valence-corrected chi connectivity index (χ0v) is 14.8. The molecule has 1 N–H and O–H groups in total. The summed E-state index contributed by atoms with van der Waals surface area (Å²) in [7, 11) is 0. The van der Waals surface area contributed by atoms with Gasteiger partial charge in [0.1, 0.15) is 5.69 Å². The number of nitrogens with one attached hydrogen (secondary N) is 1. The molecule has 1 amide bonds. The molecule has 0 aliphatic rings. The number of carbonyl (C=O) groups excluding carboxylic acids is 1. The first-order valence-electron chi connectivity index (χ1n) is 8.32. The summed E-state index contributed by atoms with van der Waals surface area (Å²) in [5.74, 6) is -0.308. The normalized spacial score (nSPS) is 11.3.